The maximum atomic E-state index is 9.69. The van der Waals surface area contributed by atoms with Gasteiger partial charge in [0.05, 0.1) is 5.60 Å². The number of nitrogens with two attached hydrogens (primary N) is 2. The van der Waals surface area contributed by atoms with E-state index in [-0.39, 0.29) is 6.54 Å². The number of rotatable bonds is 3. The number of anilines is 1. The minimum Gasteiger partial charge on any atom is -0.389 e. The highest BCUT2D eigenvalue weighted by Gasteiger charge is 2.19. The molecule has 4 nitrogen and oxygen atoms in total. The van der Waals surface area contributed by atoms with Crippen molar-refractivity contribution in [3.63, 3.8) is 0 Å². The first-order valence-electron chi connectivity index (χ1n) is 4.17. The molecule has 1 rings (SSSR count). The summed E-state index contributed by atoms with van der Waals surface area (Å²) in [6, 6.07) is 3.63. The Morgan fingerprint density at radius 1 is 1.62 bits per heavy atom. The van der Waals surface area contributed by atoms with Gasteiger partial charge in [-0.15, -0.1) is 0 Å². The van der Waals surface area contributed by atoms with Crippen molar-refractivity contribution in [2.45, 2.75) is 18.9 Å². The van der Waals surface area contributed by atoms with Gasteiger partial charge in [0, 0.05) is 19.2 Å². The van der Waals surface area contributed by atoms with Crippen LogP contribution in [0.3, 0.4) is 0 Å². The molecule has 72 valence electrons. The van der Waals surface area contributed by atoms with Crippen LogP contribution >= 0.6 is 0 Å². The molecule has 1 atom stereocenters. The predicted molar refractivity (Wildman–Crippen MR) is 52.0 cm³/mol. The van der Waals surface area contributed by atoms with Crippen LogP contribution in [0.2, 0.25) is 0 Å². The zero-order chi connectivity index (χ0) is 9.90. The fraction of sp³-hybridized carbons (Fsp3) is 0.444. The zero-order valence-corrected chi connectivity index (χ0v) is 7.70. The van der Waals surface area contributed by atoms with Crippen LogP contribution in [0.15, 0.2) is 18.3 Å². The van der Waals surface area contributed by atoms with Crippen molar-refractivity contribution in [2.24, 2.45) is 5.73 Å². The van der Waals surface area contributed by atoms with Crippen molar-refractivity contribution in [2.75, 3.05) is 12.3 Å². The van der Waals surface area contributed by atoms with Crippen LogP contribution in [0.4, 0.5) is 5.82 Å². The van der Waals surface area contributed by atoms with Crippen LogP contribution in [0.5, 0.6) is 0 Å². The van der Waals surface area contributed by atoms with E-state index in [1.807, 2.05) is 6.07 Å². The third-order valence-corrected chi connectivity index (χ3v) is 1.94. The van der Waals surface area contributed by atoms with Crippen LogP contribution < -0.4 is 11.5 Å². The average molecular weight is 181 g/mol. The number of hydrogen-bond donors (Lipinski definition) is 3. The molecule has 1 unspecified atom stereocenters. The zero-order valence-electron chi connectivity index (χ0n) is 7.70. The Morgan fingerprint density at radius 2 is 2.31 bits per heavy atom. The van der Waals surface area contributed by atoms with Gasteiger partial charge in [-0.1, -0.05) is 6.07 Å². The lowest BCUT2D eigenvalue weighted by Gasteiger charge is -2.21. The molecule has 0 aromatic carbocycles. The Morgan fingerprint density at radius 3 is 2.85 bits per heavy atom. The van der Waals surface area contributed by atoms with Crippen LogP contribution in [-0.2, 0) is 6.42 Å². The first-order chi connectivity index (χ1) is 6.05. The molecule has 0 radical (unpaired) electrons. The van der Waals surface area contributed by atoms with Crippen molar-refractivity contribution in [3.05, 3.63) is 23.9 Å². The smallest absolute Gasteiger partial charge is 0.126 e. The van der Waals surface area contributed by atoms with Gasteiger partial charge >= 0.3 is 0 Å². The maximum absolute atomic E-state index is 9.69. The molecule has 4 heteroatoms. The van der Waals surface area contributed by atoms with E-state index < -0.39 is 5.60 Å². The second-order valence-corrected chi connectivity index (χ2v) is 3.43. The summed E-state index contributed by atoms with van der Waals surface area (Å²) in [5, 5.41) is 9.69. The lowest BCUT2D eigenvalue weighted by atomic mass is 9.97. The third kappa shape index (κ3) is 2.68. The van der Waals surface area contributed by atoms with Gasteiger partial charge in [0.25, 0.3) is 0 Å². The summed E-state index contributed by atoms with van der Waals surface area (Å²) in [6.07, 6.45) is 2.05. The topological polar surface area (TPSA) is 85.2 Å². The lowest BCUT2D eigenvalue weighted by molar-refractivity contribution is 0.0697. The second kappa shape index (κ2) is 3.72. The molecule has 0 aliphatic heterocycles. The van der Waals surface area contributed by atoms with Crippen molar-refractivity contribution in [1.29, 1.82) is 0 Å². The molecular formula is C9H15N3O. The molecule has 1 aromatic heterocycles. The van der Waals surface area contributed by atoms with E-state index in [0.29, 0.717) is 12.2 Å². The van der Waals surface area contributed by atoms with E-state index in [1.165, 1.54) is 0 Å². The normalized spacial score (nSPS) is 15.3. The third-order valence-electron chi connectivity index (χ3n) is 1.94. The Kier molecular flexibility index (Phi) is 2.85. The average Bonchev–Trinajstić information content (AvgIpc) is 2.09. The molecular weight excluding hydrogens is 166 g/mol. The highest BCUT2D eigenvalue weighted by atomic mass is 16.3. The Balaban J connectivity index is 2.80. The van der Waals surface area contributed by atoms with E-state index in [2.05, 4.69) is 4.98 Å². The number of hydrogen-bond acceptors (Lipinski definition) is 4. The fourth-order valence-electron chi connectivity index (χ4n) is 1.08. The molecule has 0 bridgehead atoms. The van der Waals surface area contributed by atoms with E-state index >= 15 is 0 Å². The first kappa shape index (κ1) is 9.95. The van der Waals surface area contributed by atoms with Gasteiger partial charge in [0.1, 0.15) is 5.82 Å². The van der Waals surface area contributed by atoms with Crippen molar-refractivity contribution in [3.8, 4) is 0 Å². The van der Waals surface area contributed by atoms with Gasteiger partial charge in [-0.25, -0.2) is 4.98 Å². The summed E-state index contributed by atoms with van der Waals surface area (Å²) >= 11 is 0. The number of pyridine rings is 1. The quantitative estimate of drug-likeness (QED) is 0.608. The number of aromatic nitrogens is 1. The number of nitrogen functional groups attached to an aromatic ring is 1. The largest absolute Gasteiger partial charge is 0.389 e. The molecule has 5 N–H and O–H groups in total. The molecule has 0 amide bonds. The van der Waals surface area contributed by atoms with Crippen LogP contribution in [-0.4, -0.2) is 22.2 Å². The lowest BCUT2D eigenvalue weighted by Crippen LogP contribution is -2.36. The number of aliphatic hydroxyl groups is 1. The molecule has 0 saturated carbocycles. The Labute approximate surface area is 77.6 Å². The van der Waals surface area contributed by atoms with Gasteiger partial charge in [-0.3, -0.25) is 0 Å². The maximum Gasteiger partial charge on any atom is 0.126 e. The van der Waals surface area contributed by atoms with Gasteiger partial charge in [0.15, 0.2) is 0 Å². The van der Waals surface area contributed by atoms with Gasteiger partial charge in [-0.05, 0) is 18.6 Å². The summed E-state index contributed by atoms with van der Waals surface area (Å²) in [7, 11) is 0. The fourth-order valence-corrected chi connectivity index (χ4v) is 1.08. The number of nitrogens with zero attached hydrogens (tertiary/aromatic N) is 1. The first-order valence-corrected chi connectivity index (χ1v) is 4.17. The van der Waals surface area contributed by atoms with E-state index in [9.17, 15) is 5.11 Å². The highest BCUT2D eigenvalue weighted by molar-refractivity contribution is 5.39. The second-order valence-electron chi connectivity index (χ2n) is 3.43. The summed E-state index contributed by atoms with van der Waals surface area (Å²) < 4.78 is 0. The van der Waals surface area contributed by atoms with Gasteiger partial charge in [-0.2, -0.15) is 0 Å². The van der Waals surface area contributed by atoms with Crippen LogP contribution in [0.25, 0.3) is 0 Å². The van der Waals surface area contributed by atoms with Crippen molar-refractivity contribution in [1.82, 2.24) is 4.98 Å². The summed E-state index contributed by atoms with van der Waals surface area (Å²) in [5.41, 5.74) is 10.9. The molecule has 13 heavy (non-hydrogen) atoms. The van der Waals surface area contributed by atoms with Crippen LogP contribution in [0.1, 0.15) is 12.5 Å². The van der Waals surface area contributed by atoms with Crippen LogP contribution in [0, 0.1) is 0 Å². The van der Waals surface area contributed by atoms with E-state index in [0.717, 1.165) is 5.56 Å². The monoisotopic (exact) mass is 181 g/mol. The summed E-state index contributed by atoms with van der Waals surface area (Å²) in [6.45, 7) is 1.89. The standard InChI is InChI=1S/C9H15N3O/c1-9(13,6-10)5-7-3-2-4-12-8(7)11/h2-4,13H,5-6,10H2,1H3,(H2,11,12). The molecule has 0 fully saturated rings. The molecule has 1 aromatic rings. The van der Waals surface area contributed by atoms with Crippen molar-refractivity contribution < 1.29 is 5.11 Å². The highest BCUT2D eigenvalue weighted by Crippen LogP contribution is 2.15. The Bertz CT molecular complexity index is 286. The minimum absolute atomic E-state index is 0.210. The van der Waals surface area contributed by atoms with E-state index in [4.69, 9.17) is 11.5 Å². The molecule has 0 aliphatic rings. The summed E-state index contributed by atoms with van der Waals surface area (Å²) in [5.74, 6) is 0.455. The van der Waals surface area contributed by atoms with E-state index in [1.54, 1.807) is 19.2 Å². The Hall–Kier alpha value is -1.13. The molecule has 0 aliphatic carbocycles. The molecule has 0 spiro atoms. The predicted octanol–water partition coefficient (Wildman–Crippen LogP) is -0.0840. The summed E-state index contributed by atoms with van der Waals surface area (Å²) in [4.78, 5) is 3.92. The van der Waals surface area contributed by atoms with Gasteiger partial charge in [0.2, 0.25) is 0 Å². The minimum atomic E-state index is -0.906. The van der Waals surface area contributed by atoms with Crippen molar-refractivity contribution >= 4 is 5.82 Å². The molecule has 0 saturated heterocycles. The van der Waals surface area contributed by atoms with Gasteiger partial charge < -0.3 is 16.6 Å². The SMILES string of the molecule is CC(O)(CN)Cc1cccnc1N. The molecule has 1 heterocycles.